The summed E-state index contributed by atoms with van der Waals surface area (Å²) in [6, 6.07) is 46.4. The molecule has 0 fully saturated rings. The third-order valence-corrected chi connectivity index (χ3v) is 12.1. The van der Waals surface area contributed by atoms with Gasteiger partial charge in [0.25, 0.3) is 0 Å². The maximum absolute atomic E-state index is 16.3. The fraction of sp³-hybridized carbons (Fsp3) is 0. The molecular weight excluding hydrogens is 529 g/mol. The van der Waals surface area contributed by atoms with E-state index in [9.17, 15) is 0 Å². The molecule has 2 heterocycles. The fourth-order valence-electron chi connectivity index (χ4n) is 7.17. The Labute approximate surface area is 243 Å². The summed E-state index contributed by atoms with van der Waals surface area (Å²) in [5, 5.41) is 11.6. The summed E-state index contributed by atoms with van der Waals surface area (Å²) in [6.45, 7) is 0. The first-order valence-electron chi connectivity index (χ1n) is 14.2. The van der Waals surface area contributed by atoms with Gasteiger partial charge in [-0.15, -0.1) is 0 Å². The van der Waals surface area contributed by atoms with Crippen molar-refractivity contribution in [3.05, 3.63) is 146 Å². The van der Waals surface area contributed by atoms with Crippen LogP contribution in [0.5, 0.6) is 0 Å². The van der Waals surface area contributed by atoms with E-state index in [1.54, 1.807) is 0 Å². The minimum Gasteiger partial charge on any atom is -0.309 e. The fourth-order valence-corrected chi connectivity index (χ4v) is 10.2. The molecule has 0 saturated heterocycles. The molecule has 0 N–H and O–H groups in total. The Bertz CT molecular complexity index is 2300. The lowest BCUT2D eigenvalue weighted by Crippen LogP contribution is -2.26. The van der Waals surface area contributed by atoms with Crippen LogP contribution in [0.25, 0.3) is 65.3 Å². The number of aromatic nitrogens is 1. The van der Waals surface area contributed by atoms with E-state index in [1.165, 1.54) is 5.39 Å². The SMILES string of the molecule is O=P1(c2ccccc2)c2ccc3ccccc3c2-c2c(c3cnccc3c3ccccc23)-c2c1ccc1ccccc21. The normalized spacial score (nSPS) is 15.8. The molecule has 0 bridgehead atoms. The Kier molecular flexibility index (Phi) is 4.91. The Morgan fingerprint density at radius 1 is 0.405 bits per heavy atom. The number of hydrogen-bond acceptors (Lipinski definition) is 2. The highest BCUT2D eigenvalue weighted by Gasteiger charge is 2.40. The molecule has 0 radical (unpaired) electrons. The highest BCUT2D eigenvalue weighted by Crippen LogP contribution is 2.57. The van der Waals surface area contributed by atoms with E-state index in [1.807, 2.05) is 42.7 Å². The van der Waals surface area contributed by atoms with Crippen LogP contribution in [-0.4, -0.2) is 4.98 Å². The first kappa shape index (κ1) is 23.6. The average molecular weight is 554 g/mol. The number of rotatable bonds is 1. The van der Waals surface area contributed by atoms with E-state index in [-0.39, 0.29) is 0 Å². The van der Waals surface area contributed by atoms with Crippen molar-refractivity contribution in [3.63, 3.8) is 0 Å². The van der Waals surface area contributed by atoms with E-state index in [0.717, 1.165) is 75.9 Å². The molecule has 196 valence electrons. The molecule has 3 heteroatoms. The van der Waals surface area contributed by atoms with Gasteiger partial charge in [0.15, 0.2) is 7.14 Å². The zero-order chi connectivity index (χ0) is 27.8. The van der Waals surface area contributed by atoms with Crippen molar-refractivity contribution < 1.29 is 4.57 Å². The van der Waals surface area contributed by atoms with Crippen molar-refractivity contribution >= 4 is 66.1 Å². The van der Waals surface area contributed by atoms with Gasteiger partial charge in [-0.2, -0.15) is 0 Å². The second-order valence-electron chi connectivity index (χ2n) is 11.0. The molecule has 0 aliphatic carbocycles. The molecule has 1 aromatic heterocycles. The predicted octanol–water partition coefficient (Wildman–Crippen LogP) is 8.98. The molecule has 0 spiro atoms. The average Bonchev–Trinajstić information content (AvgIpc) is 3.17. The molecular formula is C39H24NOP. The Balaban J connectivity index is 1.67. The summed E-state index contributed by atoms with van der Waals surface area (Å²) >= 11 is 0. The molecule has 2 nitrogen and oxygen atoms in total. The lowest BCUT2D eigenvalue weighted by Gasteiger charge is -2.23. The van der Waals surface area contributed by atoms with E-state index in [0.29, 0.717) is 0 Å². The molecule has 1 atom stereocenters. The molecule has 8 aromatic rings. The van der Waals surface area contributed by atoms with Gasteiger partial charge in [0.05, 0.1) is 0 Å². The van der Waals surface area contributed by atoms with Gasteiger partial charge in [-0.3, -0.25) is 4.98 Å². The van der Waals surface area contributed by atoms with Crippen LogP contribution in [-0.2, 0) is 4.57 Å². The molecule has 7 aromatic carbocycles. The Morgan fingerprint density at radius 3 is 1.55 bits per heavy atom. The van der Waals surface area contributed by atoms with Gasteiger partial charge in [0.1, 0.15) is 0 Å². The maximum atomic E-state index is 16.3. The third-order valence-electron chi connectivity index (χ3n) is 8.94. The Morgan fingerprint density at radius 2 is 0.905 bits per heavy atom. The van der Waals surface area contributed by atoms with Crippen molar-refractivity contribution in [2.24, 2.45) is 0 Å². The smallest absolute Gasteiger partial charge is 0.172 e. The summed E-state index contributed by atoms with van der Waals surface area (Å²) in [4.78, 5) is 4.66. The first-order valence-corrected chi connectivity index (χ1v) is 16.0. The van der Waals surface area contributed by atoms with Crippen LogP contribution in [0.2, 0.25) is 0 Å². The van der Waals surface area contributed by atoms with Crippen molar-refractivity contribution in [1.82, 2.24) is 4.98 Å². The van der Waals surface area contributed by atoms with Crippen LogP contribution in [0.1, 0.15) is 0 Å². The molecule has 42 heavy (non-hydrogen) atoms. The molecule has 1 unspecified atom stereocenters. The van der Waals surface area contributed by atoms with Gasteiger partial charge in [0, 0.05) is 50.4 Å². The largest absolute Gasteiger partial charge is 0.309 e. The highest BCUT2D eigenvalue weighted by molar-refractivity contribution is 7.86. The van der Waals surface area contributed by atoms with Gasteiger partial charge in [-0.25, -0.2) is 0 Å². The van der Waals surface area contributed by atoms with E-state index in [2.05, 4.69) is 108 Å². The number of nitrogens with zero attached hydrogens (tertiary/aromatic N) is 1. The highest BCUT2D eigenvalue weighted by atomic mass is 31.2. The van der Waals surface area contributed by atoms with Gasteiger partial charge in [-0.1, -0.05) is 115 Å². The molecule has 9 rings (SSSR count). The van der Waals surface area contributed by atoms with Crippen LogP contribution in [0.15, 0.2) is 146 Å². The second-order valence-corrected chi connectivity index (χ2v) is 13.7. The second kappa shape index (κ2) is 8.73. The zero-order valence-electron chi connectivity index (χ0n) is 22.7. The third kappa shape index (κ3) is 3.05. The lowest BCUT2D eigenvalue weighted by atomic mass is 9.83. The molecule has 0 saturated carbocycles. The summed E-state index contributed by atoms with van der Waals surface area (Å²) < 4.78 is 16.3. The minimum atomic E-state index is -3.36. The van der Waals surface area contributed by atoms with Crippen molar-refractivity contribution in [2.75, 3.05) is 0 Å². The van der Waals surface area contributed by atoms with E-state index < -0.39 is 7.14 Å². The van der Waals surface area contributed by atoms with Gasteiger partial charge < -0.3 is 4.57 Å². The van der Waals surface area contributed by atoms with Crippen LogP contribution in [0.3, 0.4) is 0 Å². The molecule has 1 aliphatic rings. The van der Waals surface area contributed by atoms with E-state index >= 15 is 4.57 Å². The number of fused-ring (bicyclic) bond motifs is 14. The molecule has 0 amide bonds. The summed E-state index contributed by atoms with van der Waals surface area (Å²) in [5.41, 5.74) is 4.33. The van der Waals surface area contributed by atoms with Crippen molar-refractivity contribution in [1.29, 1.82) is 0 Å². The molecule has 1 aliphatic heterocycles. The zero-order valence-corrected chi connectivity index (χ0v) is 23.6. The number of hydrogen-bond donors (Lipinski definition) is 0. The van der Waals surface area contributed by atoms with Gasteiger partial charge >= 0.3 is 0 Å². The van der Waals surface area contributed by atoms with Crippen LogP contribution >= 0.6 is 7.14 Å². The predicted molar refractivity (Wildman–Crippen MR) is 178 cm³/mol. The van der Waals surface area contributed by atoms with Crippen molar-refractivity contribution in [3.8, 4) is 22.3 Å². The monoisotopic (exact) mass is 553 g/mol. The van der Waals surface area contributed by atoms with E-state index in [4.69, 9.17) is 0 Å². The van der Waals surface area contributed by atoms with Gasteiger partial charge in [-0.05, 0) is 61.5 Å². The summed E-state index contributed by atoms with van der Waals surface area (Å²) in [5.74, 6) is 0. The summed E-state index contributed by atoms with van der Waals surface area (Å²) in [6.07, 6.45) is 3.87. The standard InChI is InChI=1S/C39H24NOP/c41-42(27-12-2-1-3-13-27)34-20-18-25-10-4-6-14-28(25)36(34)38-32-17-9-8-16-30(32)31-22-23-40-24-33(31)39(38)37-29-15-7-5-11-26(29)19-21-35(37)42/h1-24H. The number of benzene rings is 7. The topological polar surface area (TPSA) is 30.0 Å². The first-order chi connectivity index (χ1) is 20.7. The van der Waals surface area contributed by atoms with Crippen LogP contribution in [0, 0.1) is 0 Å². The van der Waals surface area contributed by atoms with Crippen molar-refractivity contribution in [2.45, 2.75) is 0 Å². The maximum Gasteiger partial charge on any atom is 0.172 e. The lowest BCUT2D eigenvalue weighted by molar-refractivity contribution is 0.592. The minimum absolute atomic E-state index is 0.845. The number of pyridine rings is 1. The van der Waals surface area contributed by atoms with Crippen LogP contribution < -0.4 is 15.9 Å². The van der Waals surface area contributed by atoms with Crippen LogP contribution in [0.4, 0.5) is 0 Å². The quantitative estimate of drug-likeness (QED) is 0.150. The Hall–Kier alpha value is -5.04. The summed E-state index contributed by atoms with van der Waals surface area (Å²) in [7, 11) is -3.36. The van der Waals surface area contributed by atoms with Gasteiger partial charge in [0.2, 0.25) is 0 Å².